The maximum atomic E-state index is 12.2. The third-order valence-electron chi connectivity index (χ3n) is 5.19. The van der Waals surface area contributed by atoms with Crippen molar-refractivity contribution in [1.82, 2.24) is 0 Å². The summed E-state index contributed by atoms with van der Waals surface area (Å²) in [6.45, 7) is 0.481. The molecule has 7 heteroatoms. The number of para-hydroxylation sites is 2. The number of hydrogen-bond acceptors (Lipinski definition) is 5. The lowest BCUT2D eigenvalue weighted by Crippen LogP contribution is -2.47. The maximum Gasteiger partial charge on any atom is 0.249 e. The Morgan fingerprint density at radius 1 is 0.900 bits per heavy atom. The monoisotopic (exact) mass is 405 g/mol. The van der Waals surface area contributed by atoms with E-state index in [9.17, 15) is 9.59 Å². The van der Waals surface area contributed by atoms with Crippen molar-refractivity contribution in [3.05, 3.63) is 83.6 Å². The van der Waals surface area contributed by atoms with Crippen molar-refractivity contribution in [3.63, 3.8) is 0 Å². The number of anilines is 2. The first-order valence-electron chi connectivity index (χ1n) is 9.85. The predicted molar refractivity (Wildman–Crippen MR) is 119 cm³/mol. The molecule has 0 aliphatic heterocycles. The van der Waals surface area contributed by atoms with Crippen LogP contribution in [0.3, 0.4) is 0 Å². The fraction of sp³-hybridized carbons (Fsp3) is 0.217. The molecule has 3 rings (SSSR count). The van der Waals surface area contributed by atoms with E-state index in [1.807, 2.05) is 60.7 Å². The molecule has 2 aromatic rings. The third-order valence-corrected chi connectivity index (χ3v) is 5.19. The molecule has 1 aliphatic rings. The van der Waals surface area contributed by atoms with Crippen molar-refractivity contribution in [2.75, 3.05) is 17.2 Å². The molecule has 1 aliphatic carbocycles. The van der Waals surface area contributed by atoms with Crippen LogP contribution in [0.2, 0.25) is 0 Å². The van der Waals surface area contributed by atoms with Crippen LogP contribution in [0, 0.1) is 0 Å². The zero-order chi connectivity index (χ0) is 21.6. The van der Waals surface area contributed by atoms with Gasteiger partial charge in [0.1, 0.15) is 0 Å². The highest BCUT2D eigenvalue weighted by molar-refractivity contribution is 6.06. The van der Waals surface area contributed by atoms with Crippen LogP contribution in [0.4, 0.5) is 11.4 Å². The van der Waals surface area contributed by atoms with Crippen LogP contribution in [-0.2, 0) is 9.59 Å². The first kappa shape index (κ1) is 21.1. The van der Waals surface area contributed by atoms with Gasteiger partial charge in [0.25, 0.3) is 0 Å². The number of carbonyl (C=O) groups is 2. The van der Waals surface area contributed by atoms with E-state index in [1.54, 1.807) is 6.08 Å². The number of nitrogens with one attached hydrogen (secondary N) is 2. The zero-order valence-corrected chi connectivity index (χ0v) is 16.7. The van der Waals surface area contributed by atoms with Crippen LogP contribution in [0.1, 0.15) is 19.3 Å². The molecular formula is C23H27N5O2. The van der Waals surface area contributed by atoms with Gasteiger partial charge in [0.15, 0.2) is 0 Å². The molecule has 0 fully saturated rings. The zero-order valence-electron chi connectivity index (χ0n) is 16.7. The van der Waals surface area contributed by atoms with Crippen LogP contribution in [-0.4, -0.2) is 23.9 Å². The van der Waals surface area contributed by atoms with Crippen molar-refractivity contribution in [1.29, 1.82) is 0 Å². The molecule has 0 saturated carbocycles. The summed E-state index contributed by atoms with van der Waals surface area (Å²) >= 11 is 0. The minimum Gasteiger partial charge on any atom is -0.374 e. The van der Waals surface area contributed by atoms with Gasteiger partial charge in [-0.1, -0.05) is 36.4 Å². The third kappa shape index (κ3) is 4.69. The predicted octanol–water partition coefficient (Wildman–Crippen LogP) is 2.24. The highest BCUT2D eigenvalue weighted by Crippen LogP contribution is 2.39. The van der Waals surface area contributed by atoms with E-state index in [2.05, 4.69) is 10.6 Å². The van der Waals surface area contributed by atoms with Gasteiger partial charge in [-0.3, -0.25) is 9.59 Å². The Morgan fingerprint density at radius 2 is 1.50 bits per heavy atom. The average molecular weight is 406 g/mol. The Balaban J connectivity index is 2.13. The van der Waals surface area contributed by atoms with Gasteiger partial charge in [-0.15, -0.1) is 0 Å². The van der Waals surface area contributed by atoms with Crippen LogP contribution < -0.4 is 27.8 Å². The number of amides is 2. The van der Waals surface area contributed by atoms with Crippen LogP contribution in [0.25, 0.3) is 0 Å². The van der Waals surface area contributed by atoms with Crippen LogP contribution >= 0.6 is 0 Å². The maximum absolute atomic E-state index is 12.2. The molecule has 2 amide bonds. The summed E-state index contributed by atoms with van der Waals surface area (Å²) in [5.41, 5.74) is 19.1. The number of hydrogen-bond donors (Lipinski definition) is 5. The Kier molecular flexibility index (Phi) is 6.54. The van der Waals surface area contributed by atoms with Crippen molar-refractivity contribution in [2.24, 2.45) is 17.2 Å². The standard InChI is InChI=1S/C23H27N5O2/c24-13-7-12-23(28-17-10-5-2-6-11-17)15-19(22(26)30)18(21(25)29)14-20(23)27-16-8-3-1-4-9-16/h1-6,8-11,14,27-28H,7,12-13,15,24H2,(H2,25,29)(H2,26,30). The summed E-state index contributed by atoms with van der Waals surface area (Å²) in [4.78, 5) is 24.3. The lowest BCUT2D eigenvalue weighted by molar-refractivity contribution is -0.117. The molecule has 0 aromatic heterocycles. The average Bonchev–Trinajstić information content (AvgIpc) is 2.74. The van der Waals surface area contributed by atoms with Crippen molar-refractivity contribution in [2.45, 2.75) is 24.8 Å². The van der Waals surface area contributed by atoms with Crippen LogP contribution in [0.15, 0.2) is 83.6 Å². The van der Waals surface area contributed by atoms with E-state index in [4.69, 9.17) is 17.2 Å². The van der Waals surface area contributed by atoms with E-state index in [0.717, 1.165) is 17.1 Å². The van der Waals surface area contributed by atoms with E-state index in [1.165, 1.54) is 0 Å². The molecule has 30 heavy (non-hydrogen) atoms. The number of carbonyl (C=O) groups excluding carboxylic acids is 2. The first-order valence-corrected chi connectivity index (χ1v) is 9.85. The Hall–Kier alpha value is -3.58. The van der Waals surface area contributed by atoms with Gasteiger partial charge in [-0.25, -0.2) is 0 Å². The highest BCUT2D eigenvalue weighted by Gasteiger charge is 2.41. The Morgan fingerprint density at radius 3 is 2.03 bits per heavy atom. The summed E-state index contributed by atoms with van der Waals surface area (Å²) in [5, 5.41) is 6.97. The highest BCUT2D eigenvalue weighted by atomic mass is 16.2. The molecule has 7 nitrogen and oxygen atoms in total. The van der Waals surface area contributed by atoms with Gasteiger partial charge >= 0.3 is 0 Å². The number of rotatable bonds is 9. The summed E-state index contributed by atoms with van der Waals surface area (Å²) in [6, 6.07) is 19.3. The number of nitrogens with two attached hydrogens (primary N) is 3. The lowest BCUT2D eigenvalue weighted by Gasteiger charge is -2.41. The molecular weight excluding hydrogens is 378 g/mol. The van der Waals surface area contributed by atoms with Crippen LogP contribution in [0.5, 0.6) is 0 Å². The van der Waals surface area contributed by atoms with Gasteiger partial charge in [-0.2, -0.15) is 0 Å². The number of benzene rings is 2. The van der Waals surface area contributed by atoms with Crippen molar-refractivity contribution in [3.8, 4) is 0 Å². The molecule has 0 saturated heterocycles. The normalized spacial score (nSPS) is 18.5. The summed E-state index contributed by atoms with van der Waals surface area (Å²) in [7, 11) is 0. The molecule has 1 atom stereocenters. The first-order chi connectivity index (χ1) is 14.4. The summed E-state index contributed by atoms with van der Waals surface area (Å²) in [6.07, 6.45) is 3.16. The van der Waals surface area contributed by atoms with Gasteiger partial charge in [0, 0.05) is 34.6 Å². The second kappa shape index (κ2) is 9.28. The molecule has 0 radical (unpaired) electrons. The molecule has 0 spiro atoms. The minimum absolute atomic E-state index is 0.124. The van der Waals surface area contributed by atoms with E-state index in [0.29, 0.717) is 19.4 Å². The Labute approximate surface area is 176 Å². The summed E-state index contributed by atoms with van der Waals surface area (Å²) in [5.74, 6) is -1.35. The molecule has 2 aromatic carbocycles. The molecule has 1 unspecified atom stereocenters. The smallest absolute Gasteiger partial charge is 0.249 e. The molecule has 8 N–H and O–H groups in total. The van der Waals surface area contributed by atoms with Gasteiger partial charge in [0.2, 0.25) is 11.8 Å². The number of primary amides is 2. The Bertz CT molecular complexity index is 970. The topological polar surface area (TPSA) is 136 Å². The molecule has 156 valence electrons. The molecule has 0 bridgehead atoms. The van der Waals surface area contributed by atoms with E-state index >= 15 is 0 Å². The van der Waals surface area contributed by atoms with Gasteiger partial charge in [-0.05, 0) is 49.7 Å². The summed E-state index contributed by atoms with van der Waals surface area (Å²) < 4.78 is 0. The quantitative estimate of drug-likeness (QED) is 0.436. The SMILES string of the molecule is NCCCC1(Nc2ccccc2)CC(C(N)=O)=C(C(N)=O)C=C1Nc1ccccc1. The fourth-order valence-electron chi connectivity index (χ4n) is 3.73. The minimum atomic E-state index is -0.722. The largest absolute Gasteiger partial charge is 0.374 e. The van der Waals surface area contributed by atoms with E-state index in [-0.39, 0.29) is 17.6 Å². The van der Waals surface area contributed by atoms with Gasteiger partial charge < -0.3 is 27.8 Å². The second-order valence-corrected chi connectivity index (χ2v) is 7.31. The van der Waals surface area contributed by atoms with Crippen molar-refractivity contribution < 1.29 is 9.59 Å². The lowest BCUT2D eigenvalue weighted by atomic mass is 9.76. The van der Waals surface area contributed by atoms with Gasteiger partial charge in [0.05, 0.1) is 5.54 Å². The van der Waals surface area contributed by atoms with E-state index < -0.39 is 17.4 Å². The van der Waals surface area contributed by atoms with Crippen molar-refractivity contribution >= 4 is 23.2 Å². The molecule has 0 heterocycles. The second-order valence-electron chi connectivity index (χ2n) is 7.31. The fourth-order valence-corrected chi connectivity index (χ4v) is 3.73.